The highest BCUT2D eigenvalue weighted by molar-refractivity contribution is 5.80. The molecule has 0 saturated heterocycles. The molecule has 2 aromatic heterocycles. The fourth-order valence-electron chi connectivity index (χ4n) is 4.15. The molecule has 0 fully saturated rings. The maximum absolute atomic E-state index is 4.73. The van der Waals surface area contributed by atoms with Crippen LogP contribution in [0.4, 0.5) is 0 Å². The zero-order valence-electron chi connectivity index (χ0n) is 19.1. The van der Waals surface area contributed by atoms with Crippen molar-refractivity contribution in [3.8, 4) is 28.2 Å². The summed E-state index contributed by atoms with van der Waals surface area (Å²) in [5, 5.41) is 12.4. The smallest absolute Gasteiger partial charge is 0.138 e. The molecular weight excluding hydrogens is 432 g/mol. The van der Waals surface area contributed by atoms with Gasteiger partial charge in [-0.25, -0.2) is 4.98 Å². The quantitative estimate of drug-likeness (QED) is 0.320. The van der Waals surface area contributed by atoms with E-state index in [1.165, 1.54) is 16.7 Å². The first-order valence-corrected chi connectivity index (χ1v) is 11.6. The van der Waals surface area contributed by atoms with Gasteiger partial charge in [0.15, 0.2) is 0 Å². The standard InChI is InChI=1S/C29H24N6/c1-2-9-26(10-3-1)35-31-20-25(34-35)19-30-18-21-13-15-22(16-14-21)23-7-6-8-24(17-23)29-32-27-11-4-5-12-28(27)33-29/h1-17,20,30H,18-19H2,(H,32,33). The lowest BCUT2D eigenvalue weighted by Crippen LogP contribution is -2.13. The fraction of sp³-hybridized carbons (Fsp3) is 0.0690. The maximum Gasteiger partial charge on any atom is 0.138 e. The van der Waals surface area contributed by atoms with Crippen LogP contribution in [0.15, 0.2) is 109 Å². The normalized spacial score (nSPS) is 11.2. The predicted octanol–water partition coefficient (Wildman–Crippen LogP) is 5.77. The zero-order chi connectivity index (χ0) is 23.5. The van der Waals surface area contributed by atoms with E-state index in [9.17, 15) is 0 Å². The minimum Gasteiger partial charge on any atom is -0.338 e. The van der Waals surface area contributed by atoms with Crippen molar-refractivity contribution < 1.29 is 0 Å². The maximum atomic E-state index is 4.73. The number of para-hydroxylation sites is 3. The summed E-state index contributed by atoms with van der Waals surface area (Å²) in [5.74, 6) is 0.887. The molecule has 35 heavy (non-hydrogen) atoms. The number of aromatic amines is 1. The number of benzene rings is 4. The van der Waals surface area contributed by atoms with Crippen molar-refractivity contribution in [2.45, 2.75) is 13.1 Å². The van der Waals surface area contributed by atoms with Crippen LogP contribution in [-0.4, -0.2) is 25.0 Å². The summed E-state index contributed by atoms with van der Waals surface area (Å²) in [4.78, 5) is 9.81. The van der Waals surface area contributed by atoms with Crippen LogP contribution in [0.2, 0.25) is 0 Å². The molecule has 0 bridgehead atoms. The highest BCUT2D eigenvalue weighted by atomic mass is 15.5. The molecule has 0 aliphatic heterocycles. The Hall–Kier alpha value is -4.55. The Morgan fingerprint density at radius 1 is 0.714 bits per heavy atom. The van der Waals surface area contributed by atoms with Gasteiger partial charge in [-0.2, -0.15) is 15.0 Å². The molecule has 6 rings (SSSR count). The van der Waals surface area contributed by atoms with Gasteiger partial charge in [0, 0.05) is 18.7 Å². The van der Waals surface area contributed by atoms with Crippen molar-refractivity contribution in [2.24, 2.45) is 0 Å². The van der Waals surface area contributed by atoms with E-state index in [-0.39, 0.29) is 0 Å². The largest absolute Gasteiger partial charge is 0.338 e. The Morgan fingerprint density at radius 3 is 2.37 bits per heavy atom. The van der Waals surface area contributed by atoms with Crippen molar-refractivity contribution in [1.29, 1.82) is 0 Å². The highest BCUT2D eigenvalue weighted by Gasteiger charge is 2.07. The first-order chi connectivity index (χ1) is 17.3. The van der Waals surface area contributed by atoms with Crippen molar-refractivity contribution in [2.75, 3.05) is 0 Å². The Kier molecular flexibility index (Phi) is 5.62. The number of nitrogens with one attached hydrogen (secondary N) is 2. The molecular formula is C29H24N6. The Bertz CT molecular complexity index is 1530. The van der Waals surface area contributed by atoms with E-state index in [1.807, 2.05) is 54.6 Å². The summed E-state index contributed by atoms with van der Waals surface area (Å²) in [7, 11) is 0. The molecule has 0 amide bonds. The van der Waals surface area contributed by atoms with Gasteiger partial charge in [0.05, 0.1) is 28.6 Å². The number of hydrogen-bond acceptors (Lipinski definition) is 4. The lowest BCUT2D eigenvalue weighted by molar-refractivity contribution is 0.662. The van der Waals surface area contributed by atoms with Gasteiger partial charge in [-0.3, -0.25) is 0 Å². The Labute approximate surface area is 203 Å². The lowest BCUT2D eigenvalue weighted by Gasteiger charge is -2.07. The number of fused-ring (bicyclic) bond motifs is 1. The second kappa shape index (κ2) is 9.37. The van der Waals surface area contributed by atoms with Gasteiger partial charge < -0.3 is 10.3 Å². The van der Waals surface area contributed by atoms with Crippen molar-refractivity contribution in [1.82, 2.24) is 30.3 Å². The van der Waals surface area contributed by atoms with Crippen LogP contribution in [-0.2, 0) is 13.1 Å². The molecule has 0 unspecified atom stereocenters. The van der Waals surface area contributed by atoms with E-state index >= 15 is 0 Å². The summed E-state index contributed by atoms with van der Waals surface area (Å²) < 4.78 is 0. The summed E-state index contributed by atoms with van der Waals surface area (Å²) in [6.45, 7) is 1.42. The highest BCUT2D eigenvalue weighted by Crippen LogP contribution is 2.26. The number of nitrogens with zero attached hydrogens (tertiary/aromatic N) is 4. The second-order valence-electron chi connectivity index (χ2n) is 8.44. The number of imidazole rings is 1. The third-order valence-corrected chi connectivity index (χ3v) is 5.97. The molecule has 6 aromatic rings. The number of H-pyrrole nitrogens is 1. The van der Waals surface area contributed by atoms with Gasteiger partial charge >= 0.3 is 0 Å². The van der Waals surface area contributed by atoms with Crippen LogP contribution < -0.4 is 5.32 Å². The van der Waals surface area contributed by atoms with Crippen LogP contribution in [0, 0.1) is 0 Å². The van der Waals surface area contributed by atoms with Crippen LogP contribution in [0.1, 0.15) is 11.3 Å². The van der Waals surface area contributed by atoms with Crippen molar-refractivity contribution >= 4 is 11.0 Å². The molecule has 2 N–H and O–H groups in total. The third-order valence-electron chi connectivity index (χ3n) is 5.97. The second-order valence-corrected chi connectivity index (χ2v) is 8.44. The Balaban J connectivity index is 1.10. The molecule has 0 radical (unpaired) electrons. The van der Waals surface area contributed by atoms with E-state index in [4.69, 9.17) is 4.98 Å². The SMILES string of the molecule is c1ccc(-n2ncc(CNCc3ccc(-c4cccc(-c5nc6ccccc6[nH]5)c4)cc3)n2)cc1. The topological polar surface area (TPSA) is 71.4 Å². The predicted molar refractivity (Wildman–Crippen MR) is 139 cm³/mol. The fourth-order valence-corrected chi connectivity index (χ4v) is 4.15. The lowest BCUT2D eigenvalue weighted by atomic mass is 10.0. The van der Waals surface area contributed by atoms with E-state index < -0.39 is 0 Å². The molecule has 4 aromatic carbocycles. The van der Waals surface area contributed by atoms with E-state index in [2.05, 4.69) is 69.0 Å². The number of rotatable bonds is 7. The van der Waals surface area contributed by atoms with Crippen molar-refractivity contribution in [3.05, 3.63) is 121 Å². The summed E-state index contributed by atoms with van der Waals surface area (Å²) in [5.41, 5.74) is 8.54. The van der Waals surface area contributed by atoms with Crippen LogP contribution >= 0.6 is 0 Å². The minimum atomic E-state index is 0.661. The Morgan fingerprint density at radius 2 is 1.51 bits per heavy atom. The molecule has 2 heterocycles. The molecule has 0 aliphatic carbocycles. The van der Waals surface area contributed by atoms with Crippen molar-refractivity contribution in [3.63, 3.8) is 0 Å². The summed E-state index contributed by atoms with van der Waals surface area (Å²) >= 11 is 0. The molecule has 6 nitrogen and oxygen atoms in total. The molecule has 6 heteroatoms. The van der Waals surface area contributed by atoms with Gasteiger partial charge in [-0.15, -0.1) is 0 Å². The molecule has 0 aliphatic rings. The first kappa shape index (κ1) is 21.0. The number of aromatic nitrogens is 5. The van der Waals surface area contributed by atoms with Crippen LogP contribution in [0.5, 0.6) is 0 Å². The summed E-state index contributed by atoms with van der Waals surface area (Å²) in [6.07, 6.45) is 1.80. The first-order valence-electron chi connectivity index (χ1n) is 11.6. The average Bonchev–Trinajstić information content (AvgIpc) is 3.57. The number of hydrogen-bond donors (Lipinski definition) is 2. The van der Waals surface area contributed by atoms with Gasteiger partial charge in [-0.1, -0.05) is 72.8 Å². The van der Waals surface area contributed by atoms with Crippen LogP contribution in [0.3, 0.4) is 0 Å². The molecule has 170 valence electrons. The molecule has 0 saturated carbocycles. The van der Waals surface area contributed by atoms with E-state index in [1.54, 1.807) is 11.0 Å². The minimum absolute atomic E-state index is 0.661. The molecule has 0 atom stereocenters. The van der Waals surface area contributed by atoms with E-state index in [0.717, 1.165) is 40.3 Å². The molecule has 0 spiro atoms. The average molecular weight is 457 g/mol. The van der Waals surface area contributed by atoms with Gasteiger partial charge in [0.25, 0.3) is 0 Å². The van der Waals surface area contributed by atoms with Gasteiger partial charge in [0.1, 0.15) is 5.82 Å². The monoisotopic (exact) mass is 456 g/mol. The van der Waals surface area contributed by atoms with Gasteiger partial charge in [0.2, 0.25) is 0 Å². The third kappa shape index (κ3) is 4.60. The van der Waals surface area contributed by atoms with E-state index in [0.29, 0.717) is 6.54 Å². The van der Waals surface area contributed by atoms with Crippen LogP contribution in [0.25, 0.3) is 39.2 Å². The summed E-state index contributed by atoms with van der Waals surface area (Å²) in [6, 6.07) is 35.2. The van der Waals surface area contributed by atoms with Gasteiger partial charge in [-0.05, 0) is 47.0 Å². The zero-order valence-corrected chi connectivity index (χ0v) is 19.1.